The average Bonchev–Trinajstić information content (AvgIpc) is 2.94. The van der Waals surface area contributed by atoms with Crippen LogP contribution in [0.15, 0.2) is 4.42 Å². The van der Waals surface area contributed by atoms with Crippen LogP contribution in [0.3, 0.4) is 0 Å². The first kappa shape index (κ1) is 21.5. The first-order valence-corrected chi connectivity index (χ1v) is 7.76. The third-order valence-corrected chi connectivity index (χ3v) is 3.83. The summed E-state index contributed by atoms with van der Waals surface area (Å²) < 4.78 is 15.0. The molecule has 0 bridgehead atoms. The second kappa shape index (κ2) is 10.4. The average molecular weight is 411 g/mol. The summed E-state index contributed by atoms with van der Waals surface area (Å²) in [6.45, 7) is 1.98. The Morgan fingerprint density at radius 2 is 2.08 bits per heavy atom. The van der Waals surface area contributed by atoms with E-state index in [4.69, 9.17) is 9.15 Å². The van der Waals surface area contributed by atoms with Gasteiger partial charge in [0.1, 0.15) is 18.0 Å². The van der Waals surface area contributed by atoms with Gasteiger partial charge in [-0.1, -0.05) is 0 Å². The molecule has 0 radical (unpaired) electrons. The van der Waals surface area contributed by atoms with Gasteiger partial charge in [0.25, 0.3) is 0 Å². The minimum Gasteiger partial charge on any atom is -1.00 e. The van der Waals surface area contributed by atoms with Crippen LogP contribution in [0.5, 0.6) is 0 Å². The van der Waals surface area contributed by atoms with Crippen molar-refractivity contribution in [2.24, 2.45) is 5.92 Å². The Balaban J connectivity index is -0.0000000242. The van der Waals surface area contributed by atoms with Crippen LogP contribution in [0.25, 0.3) is 0 Å². The molecule has 0 spiro atoms. The molecule has 1 aliphatic rings. The topological polar surface area (TPSA) is 95.7 Å². The van der Waals surface area contributed by atoms with Crippen molar-refractivity contribution in [3.63, 3.8) is 0 Å². The van der Waals surface area contributed by atoms with Crippen LogP contribution in [0.2, 0.25) is 0 Å². The fraction of sp³-hybridized carbons (Fsp3) is 0.625. The number of aryl methyl sites for hydroxylation is 2. The van der Waals surface area contributed by atoms with Gasteiger partial charge < -0.3 is 36.7 Å². The second-order valence-electron chi connectivity index (χ2n) is 5.44. The molecule has 0 aromatic carbocycles. The van der Waals surface area contributed by atoms with Gasteiger partial charge in [-0.25, -0.2) is 4.98 Å². The molecule has 0 saturated heterocycles. The summed E-state index contributed by atoms with van der Waals surface area (Å²) in [6, 6.07) is 0. The molecular weight excluding hydrogens is 341 g/mol. The predicted molar refractivity (Wildman–Crippen MR) is 96.4 cm³/mol. The van der Waals surface area contributed by atoms with E-state index in [1.807, 2.05) is 0 Å². The maximum Gasteiger partial charge on any atom is 1.00 e. The number of nitrogens with zero attached hydrogens (tertiary/aromatic N) is 1. The molecular formula is C16H37KNO6-15. The van der Waals surface area contributed by atoms with Crippen molar-refractivity contribution in [3.8, 4) is 0 Å². The van der Waals surface area contributed by atoms with E-state index in [0.717, 1.165) is 5.69 Å². The zero-order valence-electron chi connectivity index (χ0n) is 30.4. The molecule has 7 nitrogen and oxygen atoms in total. The van der Waals surface area contributed by atoms with E-state index in [9.17, 15) is 14.4 Å². The molecule has 1 atom stereocenters. The van der Waals surface area contributed by atoms with Crippen LogP contribution in [0.4, 0.5) is 0 Å². The summed E-state index contributed by atoms with van der Waals surface area (Å²) >= 11 is 0. The van der Waals surface area contributed by atoms with Gasteiger partial charge in [-0.2, -0.15) is 0 Å². The van der Waals surface area contributed by atoms with E-state index in [2.05, 4.69) is 9.72 Å². The minimum absolute atomic E-state index is 0. The molecule has 0 N–H and O–H groups in total. The van der Waals surface area contributed by atoms with Gasteiger partial charge in [0.15, 0.2) is 5.89 Å². The number of aromatic nitrogens is 1. The van der Waals surface area contributed by atoms with Crippen molar-refractivity contribution < 1.29 is 102 Å². The van der Waals surface area contributed by atoms with Gasteiger partial charge in [0.05, 0.1) is 25.8 Å². The molecule has 1 aliphatic carbocycles. The summed E-state index contributed by atoms with van der Waals surface area (Å²) in [5.41, 5.74) is 0.838. The van der Waals surface area contributed by atoms with Gasteiger partial charge >= 0.3 is 63.3 Å². The van der Waals surface area contributed by atoms with Crippen molar-refractivity contribution in [3.05, 3.63) is 17.3 Å². The Bertz CT molecular complexity index is 636. The monoisotopic (exact) mass is 410 g/mol. The molecule has 0 fully saturated rings. The van der Waals surface area contributed by atoms with E-state index < -0.39 is 5.97 Å². The summed E-state index contributed by atoms with van der Waals surface area (Å²) in [7, 11) is 1.34. The first-order chi connectivity index (χ1) is 11.0. The minimum atomic E-state index is -0.486. The largest absolute Gasteiger partial charge is 1.00 e. The van der Waals surface area contributed by atoms with Crippen molar-refractivity contribution in [2.75, 3.05) is 13.7 Å². The fourth-order valence-corrected chi connectivity index (χ4v) is 2.62. The SMILES string of the molecule is CCOC(=O)CC(=O)C1CCc2nc(CCC(=O)OC)oc2C1.[3H-].[3H-].[3H-].[3H-].[3H-].[3H-].[3H-].[3H-].[3H-].[3H-].[3H-].[3H-].[3H-].[3H-].[3H-].[3H-].[K+]. The number of ether oxygens (including phenoxy) is 2. The fourth-order valence-electron chi connectivity index (χ4n) is 2.62. The molecule has 8 heteroatoms. The van der Waals surface area contributed by atoms with Crippen LogP contribution in [0.1, 0.15) is 66.4 Å². The van der Waals surface area contributed by atoms with Crippen LogP contribution in [0, 0.1) is 5.92 Å². The predicted octanol–water partition coefficient (Wildman–Crippen LogP) is 0.211. The Labute approximate surface area is 207 Å². The molecule has 1 heterocycles. The van der Waals surface area contributed by atoms with E-state index in [-0.39, 0.29) is 111 Å². The van der Waals surface area contributed by atoms with Gasteiger partial charge in [-0.3, -0.25) is 14.4 Å². The van der Waals surface area contributed by atoms with Crippen LogP contribution < -0.4 is 51.4 Å². The van der Waals surface area contributed by atoms with Gasteiger partial charge in [-0.05, 0) is 19.8 Å². The van der Waals surface area contributed by atoms with E-state index >= 15 is 0 Å². The van der Waals surface area contributed by atoms with Gasteiger partial charge in [0, 0.05) is 18.8 Å². The van der Waals surface area contributed by atoms with Crippen molar-refractivity contribution >= 4 is 17.7 Å². The molecule has 0 amide bonds. The molecule has 1 unspecified atom stereocenters. The third-order valence-electron chi connectivity index (χ3n) is 3.83. The van der Waals surface area contributed by atoms with Crippen molar-refractivity contribution in [1.82, 2.24) is 4.98 Å². The number of hydrogen-bond acceptors (Lipinski definition) is 7. The maximum absolute atomic E-state index is 12.1. The van der Waals surface area contributed by atoms with Crippen LogP contribution in [-0.4, -0.2) is 36.4 Å². The number of esters is 2. The number of carbonyl (C=O) groups excluding carboxylic acids is 3. The quantitative estimate of drug-likeness (QED) is 0.360. The zero-order chi connectivity index (χ0) is 16.8. The van der Waals surface area contributed by atoms with Gasteiger partial charge in [-0.15, -0.1) is 0 Å². The molecule has 2 rings (SSSR count). The molecule has 24 heavy (non-hydrogen) atoms. The normalized spacial score (nSPS) is 15.8. The third kappa shape index (κ3) is 6.07. The molecule has 1 aromatic rings. The number of carbonyl (C=O) groups is 3. The second-order valence-corrected chi connectivity index (χ2v) is 5.44. The van der Waals surface area contributed by atoms with Crippen LogP contribution >= 0.6 is 0 Å². The number of fused-ring (bicyclic) bond motifs is 1. The van der Waals surface area contributed by atoms with Crippen molar-refractivity contribution in [1.29, 1.82) is 0 Å². The zero-order valence-corrected chi connectivity index (χ0v) is 17.5. The van der Waals surface area contributed by atoms with E-state index in [1.165, 1.54) is 7.11 Å². The van der Waals surface area contributed by atoms with Gasteiger partial charge in [0.2, 0.25) is 0 Å². The Hall–Kier alpha value is -0.544. The Morgan fingerprint density at radius 3 is 2.75 bits per heavy atom. The first-order valence-electron chi connectivity index (χ1n) is 7.76. The molecule has 0 aliphatic heterocycles. The number of ketones is 1. The maximum atomic E-state index is 12.1. The summed E-state index contributed by atoms with van der Waals surface area (Å²) in [5.74, 6) is -0.00422. The summed E-state index contributed by atoms with van der Waals surface area (Å²) in [5, 5.41) is 0. The number of oxazole rings is 1. The number of hydrogen-bond donors (Lipinski definition) is 0. The summed E-state index contributed by atoms with van der Waals surface area (Å²) in [4.78, 5) is 39.0. The van der Waals surface area contributed by atoms with Crippen LogP contribution in [-0.2, 0) is 43.1 Å². The van der Waals surface area contributed by atoms with E-state index in [0.29, 0.717) is 37.3 Å². The standard InChI is InChI=1S/C16H21NO6.K.16H/c1-3-22-16(20)9-12(18)10-4-5-11-13(8-10)23-14(17-11)6-7-15(19)21-2;;;;;;;;;;;;;;;;;/h10H,3-9H2,1-2H3;;;;;;;;;;;;;;;;;/q;+1;16*-1/i;;16*1+2. The smallest absolute Gasteiger partial charge is 1.00 e. The Morgan fingerprint density at radius 1 is 1.33 bits per heavy atom. The number of rotatable bonds is 7. The molecule has 158 valence electrons. The number of methoxy groups -OCH3 is 1. The van der Waals surface area contributed by atoms with Crippen molar-refractivity contribution in [2.45, 2.75) is 45.4 Å². The van der Waals surface area contributed by atoms with E-state index in [1.54, 1.807) is 6.92 Å². The molecule has 0 saturated carbocycles. The number of Topliss-reactive ketones (excluding diaryl/α,β-unsaturated/α-hetero) is 1. The summed E-state index contributed by atoms with van der Waals surface area (Å²) in [6.07, 6.45) is 2.11. The molecule has 1 aromatic heterocycles. The Kier molecular flexibility index (Phi) is 9.36.